The van der Waals surface area contributed by atoms with Crippen molar-refractivity contribution in [2.24, 2.45) is 0 Å². The van der Waals surface area contributed by atoms with Crippen LogP contribution in [-0.2, 0) is 4.79 Å². The average molecular weight is 306 g/mol. The van der Waals surface area contributed by atoms with Crippen LogP contribution in [0, 0.1) is 0 Å². The molecule has 1 unspecified atom stereocenters. The van der Waals surface area contributed by atoms with Crippen LogP contribution in [0.15, 0.2) is 40.3 Å². The third-order valence-electron chi connectivity index (χ3n) is 3.30. The summed E-state index contributed by atoms with van der Waals surface area (Å²) in [5, 5.41) is 4.59. The molecule has 6 heteroatoms. The third kappa shape index (κ3) is 3.95. The van der Waals surface area contributed by atoms with Crippen LogP contribution in [-0.4, -0.2) is 30.3 Å². The van der Waals surface area contributed by atoms with E-state index in [0.717, 1.165) is 5.76 Å². The van der Waals surface area contributed by atoms with Crippen molar-refractivity contribution < 1.29 is 14.0 Å². The highest BCUT2D eigenvalue weighted by Crippen LogP contribution is 2.19. The van der Waals surface area contributed by atoms with E-state index in [1.54, 1.807) is 30.3 Å². The fourth-order valence-corrected chi connectivity index (χ4v) is 2.53. The van der Waals surface area contributed by atoms with Crippen molar-refractivity contribution in [1.82, 2.24) is 10.2 Å². The summed E-state index contributed by atoms with van der Waals surface area (Å²) >= 11 is 1.38. The molecule has 21 heavy (non-hydrogen) atoms. The minimum atomic E-state index is -0.139. The van der Waals surface area contributed by atoms with Gasteiger partial charge in [-0.2, -0.15) is 0 Å². The molecule has 2 amide bonds. The lowest BCUT2D eigenvalue weighted by Gasteiger charge is -2.23. The van der Waals surface area contributed by atoms with Crippen molar-refractivity contribution in [3.05, 3.63) is 46.5 Å². The first-order chi connectivity index (χ1) is 10.1. The Labute approximate surface area is 127 Å². The van der Waals surface area contributed by atoms with Gasteiger partial charge in [0.15, 0.2) is 0 Å². The number of hydrogen-bond donors (Lipinski definition) is 1. The van der Waals surface area contributed by atoms with Crippen molar-refractivity contribution in [2.45, 2.75) is 19.4 Å². The Morgan fingerprint density at radius 3 is 2.81 bits per heavy atom. The van der Waals surface area contributed by atoms with Gasteiger partial charge in [-0.3, -0.25) is 9.59 Å². The van der Waals surface area contributed by atoms with Gasteiger partial charge in [0.1, 0.15) is 5.76 Å². The average Bonchev–Trinajstić information content (AvgIpc) is 3.17. The Balaban J connectivity index is 1.78. The van der Waals surface area contributed by atoms with E-state index in [0.29, 0.717) is 11.4 Å². The first-order valence-electron chi connectivity index (χ1n) is 6.70. The molecule has 0 aliphatic heterocycles. The summed E-state index contributed by atoms with van der Waals surface area (Å²) in [6.45, 7) is 2.23. The Morgan fingerprint density at radius 1 is 1.38 bits per heavy atom. The zero-order valence-corrected chi connectivity index (χ0v) is 12.9. The quantitative estimate of drug-likeness (QED) is 0.892. The maximum atomic E-state index is 12.1. The highest BCUT2D eigenvalue weighted by Gasteiger charge is 2.19. The summed E-state index contributed by atoms with van der Waals surface area (Å²) < 4.78 is 5.30. The van der Waals surface area contributed by atoms with E-state index in [-0.39, 0.29) is 24.3 Å². The summed E-state index contributed by atoms with van der Waals surface area (Å²) in [7, 11) is 1.73. The van der Waals surface area contributed by atoms with E-state index in [4.69, 9.17) is 4.42 Å². The van der Waals surface area contributed by atoms with Crippen molar-refractivity contribution in [2.75, 3.05) is 13.6 Å². The molecule has 112 valence electrons. The highest BCUT2D eigenvalue weighted by molar-refractivity contribution is 7.12. The van der Waals surface area contributed by atoms with Crippen LogP contribution in [0.2, 0.25) is 0 Å². The van der Waals surface area contributed by atoms with E-state index < -0.39 is 0 Å². The van der Waals surface area contributed by atoms with E-state index in [9.17, 15) is 9.59 Å². The number of carbonyl (C=O) groups is 2. The summed E-state index contributed by atoms with van der Waals surface area (Å²) in [5.41, 5.74) is 0. The molecule has 0 fully saturated rings. The summed E-state index contributed by atoms with van der Waals surface area (Å²) in [6.07, 6.45) is 1.85. The van der Waals surface area contributed by atoms with Crippen LogP contribution < -0.4 is 5.32 Å². The first-order valence-corrected chi connectivity index (χ1v) is 7.58. The number of hydrogen-bond acceptors (Lipinski definition) is 4. The standard InChI is InChI=1S/C15H18N2O3S/c1-11(12-5-3-9-20-12)17(2)14(18)7-8-16-15(19)13-6-4-10-21-13/h3-6,9-11H,7-8H2,1-2H3,(H,16,19). The number of amides is 2. The highest BCUT2D eigenvalue weighted by atomic mass is 32.1. The monoisotopic (exact) mass is 306 g/mol. The fourth-order valence-electron chi connectivity index (χ4n) is 1.89. The summed E-state index contributed by atoms with van der Waals surface area (Å²) in [4.78, 5) is 26.1. The summed E-state index contributed by atoms with van der Waals surface area (Å²) in [6, 6.07) is 7.09. The fraction of sp³-hybridized carbons (Fsp3) is 0.333. The molecule has 1 N–H and O–H groups in total. The van der Waals surface area contributed by atoms with Crippen LogP contribution in [0.1, 0.15) is 34.8 Å². The van der Waals surface area contributed by atoms with E-state index in [1.807, 2.05) is 24.4 Å². The second-order valence-electron chi connectivity index (χ2n) is 4.68. The van der Waals surface area contributed by atoms with Crippen LogP contribution >= 0.6 is 11.3 Å². The van der Waals surface area contributed by atoms with E-state index in [2.05, 4.69) is 5.32 Å². The van der Waals surface area contributed by atoms with Crippen LogP contribution in [0.4, 0.5) is 0 Å². The third-order valence-corrected chi connectivity index (χ3v) is 4.17. The number of rotatable bonds is 6. The van der Waals surface area contributed by atoms with Crippen molar-refractivity contribution in [1.29, 1.82) is 0 Å². The van der Waals surface area contributed by atoms with Crippen molar-refractivity contribution in [3.8, 4) is 0 Å². The predicted octanol–water partition coefficient (Wildman–Crippen LogP) is 2.68. The van der Waals surface area contributed by atoms with Gasteiger partial charge in [-0.25, -0.2) is 0 Å². The van der Waals surface area contributed by atoms with Gasteiger partial charge in [0.2, 0.25) is 5.91 Å². The molecule has 1 atom stereocenters. The molecular weight excluding hydrogens is 288 g/mol. The minimum Gasteiger partial charge on any atom is -0.467 e. The molecule has 2 aromatic heterocycles. The topological polar surface area (TPSA) is 62.6 Å². The molecule has 0 aliphatic rings. The zero-order valence-electron chi connectivity index (χ0n) is 12.0. The Bertz CT molecular complexity index is 578. The predicted molar refractivity (Wildman–Crippen MR) is 81.2 cm³/mol. The van der Waals surface area contributed by atoms with Gasteiger partial charge in [-0.15, -0.1) is 11.3 Å². The molecule has 2 rings (SSSR count). The van der Waals surface area contributed by atoms with Crippen molar-refractivity contribution >= 4 is 23.2 Å². The number of furan rings is 1. The molecular formula is C15H18N2O3S. The van der Waals surface area contributed by atoms with Gasteiger partial charge in [0.05, 0.1) is 17.2 Å². The van der Waals surface area contributed by atoms with Gasteiger partial charge in [0, 0.05) is 20.0 Å². The molecule has 0 aromatic carbocycles. The normalized spacial score (nSPS) is 11.9. The maximum absolute atomic E-state index is 12.1. The number of nitrogens with one attached hydrogen (secondary N) is 1. The smallest absolute Gasteiger partial charge is 0.261 e. The SMILES string of the molecule is CC(c1ccco1)N(C)C(=O)CCNC(=O)c1cccs1. The van der Waals surface area contributed by atoms with Gasteiger partial charge >= 0.3 is 0 Å². The molecule has 0 aliphatic carbocycles. The van der Waals surface area contributed by atoms with E-state index in [1.165, 1.54) is 11.3 Å². The number of nitrogens with zero attached hydrogens (tertiary/aromatic N) is 1. The largest absolute Gasteiger partial charge is 0.467 e. The lowest BCUT2D eigenvalue weighted by atomic mass is 10.2. The van der Waals surface area contributed by atoms with Gasteiger partial charge in [-0.05, 0) is 30.5 Å². The molecule has 0 bridgehead atoms. The molecule has 0 radical (unpaired) electrons. The molecule has 0 saturated carbocycles. The van der Waals surface area contributed by atoms with Crippen LogP contribution in [0.5, 0.6) is 0 Å². The minimum absolute atomic E-state index is 0.0367. The molecule has 5 nitrogen and oxygen atoms in total. The Hall–Kier alpha value is -2.08. The Kier molecular flexibility index (Phi) is 5.16. The first kappa shape index (κ1) is 15.3. The molecule has 0 saturated heterocycles. The Morgan fingerprint density at radius 2 is 2.19 bits per heavy atom. The lowest BCUT2D eigenvalue weighted by Crippen LogP contribution is -2.33. The van der Waals surface area contributed by atoms with Gasteiger partial charge in [-0.1, -0.05) is 6.07 Å². The maximum Gasteiger partial charge on any atom is 0.261 e. The molecule has 0 spiro atoms. The number of thiophene rings is 1. The van der Waals surface area contributed by atoms with Crippen LogP contribution in [0.3, 0.4) is 0 Å². The second-order valence-corrected chi connectivity index (χ2v) is 5.63. The number of carbonyl (C=O) groups excluding carboxylic acids is 2. The van der Waals surface area contributed by atoms with Gasteiger partial charge < -0.3 is 14.6 Å². The van der Waals surface area contributed by atoms with Crippen molar-refractivity contribution in [3.63, 3.8) is 0 Å². The lowest BCUT2D eigenvalue weighted by molar-refractivity contribution is -0.131. The molecule has 2 aromatic rings. The van der Waals surface area contributed by atoms with E-state index >= 15 is 0 Å². The van der Waals surface area contributed by atoms with Gasteiger partial charge in [0.25, 0.3) is 5.91 Å². The molecule has 2 heterocycles. The van der Waals surface area contributed by atoms with Crippen LogP contribution in [0.25, 0.3) is 0 Å². The zero-order chi connectivity index (χ0) is 15.2. The second kappa shape index (κ2) is 7.08. The summed E-state index contributed by atoms with van der Waals surface area (Å²) in [5.74, 6) is 0.568.